The van der Waals surface area contributed by atoms with Crippen molar-refractivity contribution in [3.8, 4) is 17.2 Å². The molecule has 0 aromatic heterocycles. The zero-order valence-electron chi connectivity index (χ0n) is 12.9. The van der Waals surface area contributed by atoms with Gasteiger partial charge in [-0.2, -0.15) is 0 Å². The SMILES string of the molecule is COc1cccc(CNC(=O)c2ccc(OC)cc2OC)c1. The summed E-state index contributed by atoms with van der Waals surface area (Å²) in [5, 5.41) is 2.86. The lowest BCUT2D eigenvalue weighted by atomic mass is 10.1. The van der Waals surface area contributed by atoms with Crippen LogP contribution in [0, 0.1) is 0 Å². The van der Waals surface area contributed by atoms with E-state index in [2.05, 4.69) is 5.32 Å². The molecule has 1 N–H and O–H groups in total. The van der Waals surface area contributed by atoms with Gasteiger partial charge in [0.1, 0.15) is 17.2 Å². The molecular weight excluding hydrogens is 282 g/mol. The van der Waals surface area contributed by atoms with Crippen LogP contribution in [0.4, 0.5) is 0 Å². The van der Waals surface area contributed by atoms with Gasteiger partial charge in [0.05, 0.1) is 26.9 Å². The Balaban J connectivity index is 2.08. The number of carbonyl (C=O) groups excluding carboxylic acids is 1. The lowest BCUT2D eigenvalue weighted by molar-refractivity contribution is 0.0948. The molecule has 0 aliphatic carbocycles. The smallest absolute Gasteiger partial charge is 0.255 e. The average molecular weight is 301 g/mol. The fraction of sp³-hybridized carbons (Fsp3) is 0.235. The van der Waals surface area contributed by atoms with Crippen LogP contribution in [0.3, 0.4) is 0 Å². The molecule has 5 heteroatoms. The van der Waals surface area contributed by atoms with Crippen molar-refractivity contribution in [1.29, 1.82) is 0 Å². The van der Waals surface area contributed by atoms with Crippen molar-refractivity contribution in [2.45, 2.75) is 6.54 Å². The molecule has 0 spiro atoms. The number of carbonyl (C=O) groups is 1. The zero-order valence-corrected chi connectivity index (χ0v) is 12.9. The minimum atomic E-state index is -0.206. The van der Waals surface area contributed by atoms with Crippen molar-refractivity contribution in [2.75, 3.05) is 21.3 Å². The van der Waals surface area contributed by atoms with Gasteiger partial charge in [0, 0.05) is 12.6 Å². The summed E-state index contributed by atoms with van der Waals surface area (Å²) in [7, 11) is 4.70. The first-order chi connectivity index (χ1) is 10.7. The van der Waals surface area contributed by atoms with Crippen LogP contribution < -0.4 is 19.5 Å². The third-order valence-corrected chi connectivity index (χ3v) is 3.24. The second-order valence-corrected chi connectivity index (χ2v) is 4.60. The van der Waals surface area contributed by atoms with E-state index in [0.29, 0.717) is 23.6 Å². The van der Waals surface area contributed by atoms with Crippen LogP contribution in [0.2, 0.25) is 0 Å². The fourth-order valence-electron chi connectivity index (χ4n) is 2.05. The summed E-state index contributed by atoms with van der Waals surface area (Å²) < 4.78 is 15.5. The quantitative estimate of drug-likeness (QED) is 0.891. The van der Waals surface area contributed by atoms with Gasteiger partial charge >= 0.3 is 0 Å². The van der Waals surface area contributed by atoms with E-state index in [-0.39, 0.29) is 5.91 Å². The van der Waals surface area contributed by atoms with Gasteiger partial charge in [0.15, 0.2) is 0 Å². The first kappa shape index (κ1) is 15.7. The molecule has 0 saturated heterocycles. The Morgan fingerprint density at radius 2 is 1.68 bits per heavy atom. The van der Waals surface area contributed by atoms with Gasteiger partial charge < -0.3 is 19.5 Å². The van der Waals surface area contributed by atoms with Crippen LogP contribution in [-0.2, 0) is 6.54 Å². The summed E-state index contributed by atoms with van der Waals surface area (Å²) in [5.41, 5.74) is 1.42. The molecule has 2 rings (SSSR count). The first-order valence-electron chi connectivity index (χ1n) is 6.81. The number of benzene rings is 2. The predicted molar refractivity (Wildman–Crippen MR) is 83.7 cm³/mol. The van der Waals surface area contributed by atoms with Crippen molar-refractivity contribution in [3.05, 3.63) is 53.6 Å². The van der Waals surface area contributed by atoms with E-state index in [1.807, 2.05) is 24.3 Å². The summed E-state index contributed by atoms with van der Waals surface area (Å²) in [6.07, 6.45) is 0. The summed E-state index contributed by atoms with van der Waals surface area (Å²) >= 11 is 0. The third-order valence-electron chi connectivity index (χ3n) is 3.24. The maximum absolute atomic E-state index is 12.3. The van der Waals surface area contributed by atoms with Crippen molar-refractivity contribution < 1.29 is 19.0 Å². The van der Waals surface area contributed by atoms with Gasteiger partial charge in [-0.15, -0.1) is 0 Å². The van der Waals surface area contributed by atoms with Crippen LogP contribution in [-0.4, -0.2) is 27.2 Å². The van der Waals surface area contributed by atoms with Crippen LogP contribution >= 0.6 is 0 Å². The molecule has 0 aliphatic rings. The van der Waals surface area contributed by atoms with E-state index in [9.17, 15) is 4.79 Å². The number of ether oxygens (including phenoxy) is 3. The Kier molecular flexibility index (Phi) is 5.25. The van der Waals surface area contributed by atoms with Gasteiger partial charge in [-0.05, 0) is 29.8 Å². The lowest BCUT2D eigenvalue weighted by Crippen LogP contribution is -2.23. The van der Waals surface area contributed by atoms with Crippen LogP contribution in [0.15, 0.2) is 42.5 Å². The molecule has 116 valence electrons. The van der Waals surface area contributed by atoms with Crippen LogP contribution in [0.1, 0.15) is 15.9 Å². The van der Waals surface area contributed by atoms with E-state index in [1.165, 1.54) is 7.11 Å². The minimum absolute atomic E-state index is 0.206. The van der Waals surface area contributed by atoms with E-state index in [0.717, 1.165) is 11.3 Å². The lowest BCUT2D eigenvalue weighted by Gasteiger charge is -2.11. The summed E-state index contributed by atoms with van der Waals surface area (Å²) in [6, 6.07) is 12.6. The highest BCUT2D eigenvalue weighted by Gasteiger charge is 2.13. The molecule has 0 fully saturated rings. The third kappa shape index (κ3) is 3.69. The summed E-state index contributed by atoms with van der Waals surface area (Å²) in [6.45, 7) is 0.408. The highest BCUT2D eigenvalue weighted by molar-refractivity contribution is 5.97. The number of amides is 1. The van der Waals surface area contributed by atoms with Crippen molar-refractivity contribution in [1.82, 2.24) is 5.32 Å². The second kappa shape index (κ2) is 7.36. The summed E-state index contributed by atoms with van der Waals surface area (Å²) in [4.78, 5) is 12.3. The largest absolute Gasteiger partial charge is 0.497 e. The Bertz CT molecular complexity index is 655. The normalized spacial score (nSPS) is 9.95. The average Bonchev–Trinajstić information content (AvgIpc) is 2.59. The molecule has 2 aromatic rings. The summed E-state index contributed by atoms with van der Waals surface area (Å²) in [5.74, 6) is 1.67. The minimum Gasteiger partial charge on any atom is -0.497 e. The Labute approximate surface area is 129 Å². The van der Waals surface area contributed by atoms with Gasteiger partial charge in [0.2, 0.25) is 0 Å². The molecule has 0 saturated carbocycles. The highest BCUT2D eigenvalue weighted by Crippen LogP contribution is 2.24. The first-order valence-corrected chi connectivity index (χ1v) is 6.81. The van der Waals surface area contributed by atoms with Gasteiger partial charge in [-0.3, -0.25) is 4.79 Å². The molecule has 5 nitrogen and oxygen atoms in total. The van der Waals surface area contributed by atoms with Crippen molar-refractivity contribution in [3.63, 3.8) is 0 Å². The highest BCUT2D eigenvalue weighted by atomic mass is 16.5. The Hall–Kier alpha value is -2.69. The maximum atomic E-state index is 12.3. The Morgan fingerprint density at radius 1 is 0.955 bits per heavy atom. The van der Waals surface area contributed by atoms with Crippen LogP contribution in [0.5, 0.6) is 17.2 Å². The zero-order chi connectivity index (χ0) is 15.9. The van der Waals surface area contributed by atoms with Gasteiger partial charge in [-0.1, -0.05) is 12.1 Å². The second-order valence-electron chi connectivity index (χ2n) is 4.60. The molecule has 0 heterocycles. The molecule has 2 aromatic carbocycles. The van der Waals surface area contributed by atoms with Crippen molar-refractivity contribution >= 4 is 5.91 Å². The molecule has 0 bridgehead atoms. The maximum Gasteiger partial charge on any atom is 0.255 e. The van der Waals surface area contributed by atoms with Gasteiger partial charge in [-0.25, -0.2) is 0 Å². The monoisotopic (exact) mass is 301 g/mol. The number of rotatable bonds is 6. The number of hydrogen-bond acceptors (Lipinski definition) is 4. The fourth-order valence-corrected chi connectivity index (χ4v) is 2.05. The van der Waals surface area contributed by atoms with Crippen molar-refractivity contribution in [2.24, 2.45) is 0 Å². The molecule has 22 heavy (non-hydrogen) atoms. The van der Waals surface area contributed by atoms with Crippen LogP contribution in [0.25, 0.3) is 0 Å². The van der Waals surface area contributed by atoms with E-state index >= 15 is 0 Å². The number of methoxy groups -OCH3 is 3. The number of hydrogen-bond donors (Lipinski definition) is 1. The molecule has 0 unspecified atom stereocenters. The topological polar surface area (TPSA) is 56.8 Å². The molecule has 0 atom stereocenters. The number of nitrogens with one attached hydrogen (secondary N) is 1. The van der Waals surface area contributed by atoms with E-state index in [1.54, 1.807) is 32.4 Å². The van der Waals surface area contributed by atoms with Gasteiger partial charge in [0.25, 0.3) is 5.91 Å². The molecular formula is C17H19NO4. The standard InChI is InChI=1S/C17H19NO4/c1-20-13-6-4-5-12(9-13)11-18-17(19)15-8-7-14(21-2)10-16(15)22-3/h4-10H,11H2,1-3H3,(H,18,19). The van der Waals surface area contributed by atoms with E-state index < -0.39 is 0 Å². The van der Waals surface area contributed by atoms with E-state index in [4.69, 9.17) is 14.2 Å². The Morgan fingerprint density at radius 3 is 2.36 bits per heavy atom. The molecule has 1 amide bonds. The molecule has 0 radical (unpaired) electrons. The predicted octanol–water partition coefficient (Wildman–Crippen LogP) is 2.64. The molecule has 0 aliphatic heterocycles.